The van der Waals surface area contributed by atoms with Crippen LogP contribution >= 0.6 is 0 Å². The van der Waals surface area contributed by atoms with Gasteiger partial charge in [-0.3, -0.25) is 0 Å². The highest BCUT2D eigenvalue weighted by Gasteiger charge is 2.33. The minimum atomic E-state index is -2.86. The van der Waals surface area contributed by atoms with Gasteiger partial charge < -0.3 is 5.32 Å². The van der Waals surface area contributed by atoms with Crippen molar-refractivity contribution < 1.29 is 8.42 Å². The van der Waals surface area contributed by atoms with Gasteiger partial charge in [-0.1, -0.05) is 19.3 Å². The van der Waals surface area contributed by atoms with Crippen molar-refractivity contribution in [2.75, 3.05) is 12.3 Å². The third-order valence-electron chi connectivity index (χ3n) is 4.20. The largest absolute Gasteiger partial charge is 0.313 e. The number of rotatable bonds is 1. The molecule has 1 aliphatic carbocycles. The second-order valence-corrected chi connectivity index (χ2v) is 7.85. The standard InChI is InChI=1S/C12H23NO2S/c1-10-7-8-13-12(9-16(10,14)15)11-5-3-2-4-6-11/h10-13H,2-9H2,1H3. The van der Waals surface area contributed by atoms with Crippen molar-refractivity contribution in [3.63, 3.8) is 0 Å². The molecule has 0 aromatic heterocycles. The molecule has 1 aliphatic heterocycles. The number of hydrogen-bond acceptors (Lipinski definition) is 3. The van der Waals surface area contributed by atoms with Crippen LogP contribution < -0.4 is 5.32 Å². The molecule has 0 amide bonds. The van der Waals surface area contributed by atoms with Gasteiger partial charge in [-0.05, 0) is 38.6 Å². The summed E-state index contributed by atoms with van der Waals surface area (Å²) >= 11 is 0. The van der Waals surface area contributed by atoms with Crippen LogP contribution in [-0.4, -0.2) is 32.0 Å². The molecule has 2 aliphatic rings. The molecule has 0 radical (unpaired) electrons. The van der Waals surface area contributed by atoms with Crippen molar-refractivity contribution >= 4 is 9.84 Å². The maximum atomic E-state index is 12.0. The Bertz CT molecular complexity index is 320. The van der Waals surface area contributed by atoms with Crippen molar-refractivity contribution in [3.05, 3.63) is 0 Å². The Kier molecular flexibility index (Phi) is 3.90. The van der Waals surface area contributed by atoms with E-state index in [2.05, 4.69) is 5.32 Å². The minimum Gasteiger partial charge on any atom is -0.313 e. The summed E-state index contributed by atoms with van der Waals surface area (Å²) in [4.78, 5) is 0. The van der Waals surface area contributed by atoms with Crippen molar-refractivity contribution in [1.82, 2.24) is 5.32 Å². The molecule has 1 saturated carbocycles. The van der Waals surface area contributed by atoms with Crippen molar-refractivity contribution in [1.29, 1.82) is 0 Å². The lowest BCUT2D eigenvalue weighted by Crippen LogP contribution is -2.41. The molecule has 2 rings (SSSR count). The zero-order chi connectivity index (χ0) is 11.6. The highest BCUT2D eigenvalue weighted by molar-refractivity contribution is 7.92. The van der Waals surface area contributed by atoms with Gasteiger partial charge in [0.2, 0.25) is 0 Å². The average Bonchev–Trinajstić information content (AvgIpc) is 2.40. The van der Waals surface area contributed by atoms with E-state index >= 15 is 0 Å². The fourth-order valence-electron chi connectivity index (χ4n) is 2.96. The van der Waals surface area contributed by atoms with Gasteiger partial charge in [0.1, 0.15) is 0 Å². The molecule has 1 heterocycles. The van der Waals surface area contributed by atoms with Crippen LogP contribution in [0, 0.1) is 5.92 Å². The fourth-order valence-corrected chi connectivity index (χ4v) is 4.66. The fraction of sp³-hybridized carbons (Fsp3) is 1.00. The maximum Gasteiger partial charge on any atom is 0.154 e. The normalized spacial score (nSPS) is 36.8. The molecule has 3 nitrogen and oxygen atoms in total. The van der Waals surface area contributed by atoms with Crippen LogP contribution in [0.2, 0.25) is 0 Å². The summed E-state index contributed by atoms with van der Waals surface area (Å²) in [5, 5.41) is 3.30. The molecular formula is C12H23NO2S. The Morgan fingerprint density at radius 2 is 1.75 bits per heavy atom. The molecule has 4 heteroatoms. The van der Waals surface area contributed by atoms with Crippen LogP contribution in [0.1, 0.15) is 45.4 Å². The zero-order valence-electron chi connectivity index (χ0n) is 10.1. The van der Waals surface area contributed by atoms with Gasteiger partial charge in [0.05, 0.1) is 11.0 Å². The number of nitrogens with one attached hydrogen (secondary N) is 1. The average molecular weight is 245 g/mol. The van der Waals surface area contributed by atoms with Crippen molar-refractivity contribution in [2.45, 2.75) is 56.7 Å². The van der Waals surface area contributed by atoms with Crippen LogP contribution in [0.15, 0.2) is 0 Å². The van der Waals surface area contributed by atoms with E-state index in [1.165, 1.54) is 32.1 Å². The van der Waals surface area contributed by atoms with Gasteiger partial charge in [0.15, 0.2) is 9.84 Å². The van der Waals surface area contributed by atoms with Crippen LogP contribution in [0.5, 0.6) is 0 Å². The van der Waals surface area contributed by atoms with E-state index in [-0.39, 0.29) is 11.3 Å². The Morgan fingerprint density at radius 3 is 2.44 bits per heavy atom. The Balaban J connectivity index is 2.04. The highest BCUT2D eigenvalue weighted by atomic mass is 32.2. The summed E-state index contributed by atoms with van der Waals surface area (Å²) in [5.41, 5.74) is 0. The SMILES string of the molecule is CC1CCNC(C2CCCCC2)CS1(=O)=O. The summed E-state index contributed by atoms with van der Waals surface area (Å²) in [6.45, 7) is 2.71. The summed E-state index contributed by atoms with van der Waals surface area (Å²) in [6, 6.07) is 0.218. The number of hydrogen-bond donors (Lipinski definition) is 1. The third kappa shape index (κ3) is 2.77. The van der Waals surface area contributed by atoms with Crippen molar-refractivity contribution in [2.24, 2.45) is 5.92 Å². The van der Waals surface area contributed by atoms with Crippen molar-refractivity contribution in [3.8, 4) is 0 Å². The first-order valence-corrected chi connectivity index (χ1v) is 8.26. The van der Waals surface area contributed by atoms with E-state index < -0.39 is 9.84 Å². The first-order valence-electron chi connectivity index (χ1n) is 6.54. The molecule has 0 bridgehead atoms. The molecule has 2 fully saturated rings. The van der Waals surface area contributed by atoms with E-state index in [4.69, 9.17) is 0 Å². The molecule has 1 N–H and O–H groups in total. The monoisotopic (exact) mass is 245 g/mol. The van der Waals surface area contributed by atoms with E-state index in [1.807, 2.05) is 6.92 Å². The summed E-state index contributed by atoms with van der Waals surface area (Å²) in [7, 11) is -2.86. The highest BCUT2D eigenvalue weighted by Crippen LogP contribution is 2.28. The van der Waals surface area contributed by atoms with Gasteiger partial charge in [0, 0.05) is 6.04 Å². The minimum absolute atomic E-state index is 0.159. The Hall–Kier alpha value is -0.0900. The van der Waals surface area contributed by atoms with Crippen LogP contribution in [0.25, 0.3) is 0 Å². The lowest BCUT2D eigenvalue weighted by Gasteiger charge is -2.29. The number of sulfone groups is 1. The second kappa shape index (κ2) is 5.05. The zero-order valence-corrected chi connectivity index (χ0v) is 10.9. The van der Waals surface area contributed by atoms with E-state index in [1.54, 1.807) is 0 Å². The Morgan fingerprint density at radius 1 is 1.06 bits per heavy atom. The van der Waals surface area contributed by atoms with Gasteiger partial charge in [-0.15, -0.1) is 0 Å². The molecule has 0 aromatic carbocycles. The van der Waals surface area contributed by atoms with Crippen LogP contribution in [0.3, 0.4) is 0 Å². The van der Waals surface area contributed by atoms with Gasteiger partial charge in [-0.25, -0.2) is 8.42 Å². The topological polar surface area (TPSA) is 46.2 Å². The second-order valence-electron chi connectivity index (χ2n) is 5.39. The molecule has 0 spiro atoms. The Labute approximate surface area is 98.9 Å². The lowest BCUT2D eigenvalue weighted by molar-refractivity contribution is 0.285. The quantitative estimate of drug-likeness (QED) is 0.765. The van der Waals surface area contributed by atoms with Gasteiger partial charge >= 0.3 is 0 Å². The van der Waals surface area contributed by atoms with Crippen LogP contribution in [-0.2, 0) is 9.84 Å². The third-order valence-corrected chi connectivity index (χ3v) is 6.49. The van der Waals surface area contributed by atoms with E-state index in [0.717, 1.165) is 13.0 Å². The molecular weight excluding hydrogens is 222 g/mol. The predicted octanol–water partition coefficient (Wildman–Crippen LogP) is 1.73. The maximum absolute atomic E-state index is 12.0. The van der Waals surface area contributed by atoms with Crippen LogP contribution in [0.4, 0.5) is 0 Å². The molecule has 16 heavy (non-hydrogen) atoms. The summed E-state index contributed by atoms with van der Waals surface area (Å²) in [5.74, 6) is 0.951. The predicted molar refractivity (Wildman–Crippen MR) is 66.2 cm³/mol. The van der Waals surface area contributed by atoms with Gasteiger partial charge in [0.25, 0.3) is 0 Å². The lowest BCUT2D eigenvalue weighted by atomic mass is 9.84. The molecule has 94 valence electrons. The smallest absolute Gasteiger partial charge is 0.154 e. The first-order chi connectivity index (χ1) is 7.59. The van der Waals surface area contributed by atoms with E-state index in [9.17, 15) is 8.42 Å². The first kappa shape index (κ1) is 12.4. The molecule has 1 saturated heterocycles. The van der Waals surface area contributed by atoms with Gasteiger partial charge in [-0.2, -0.15) is 0 Å². The molecule has 0 aromatic rings. The molecule has 2 atom stereocenters. The summed E-state index contributed by atoms with van der Waals surface area (Å²) in [6.07, 6.45) is 7.07. The van der Waals surface area contributed by atoms with E-state index in [0.29, 0.717) is 11.7 Å². The summed E-state index contributed by atoms with van der Waals surface area (Å²) < 4.78 is 24.0. The molecule has 2 unspecified atom stereocenters.